The molecule has 2 saturated heterocycles. The van der Waals surface area contributed by atoms with E-state index in [4.69, 9.17) is 14.0 Å². The minimum absolute atomic E-state index is 0.0568. The van der Waals surface area contributed by atoms with Gasteiger partial charge in [0.1, 0.15) is 0 Å². The van der Waals surface area contributed by atoms with Gasteiger partial charge >= 0.3 is 7.12 Å². The van der Waals surface area contributed by atoms with Gasteiger partial charge in [-0.15, -0.1) is 0 Å². The number of ether oxygens (including phenoxy) is 1. The summed E-state index contributed by atoms with van der Waals surface area (Å²) in [5.41, 5.74) is 0. The summed E-state index contributed by atoms with van der Waals surface area (Å²) in [6.45, 7) is 1.37. The van der Waals surface area contributed by atoms with Crippen molar-refractivity contribution < 1.29 is 14.0 Å². The molecule has 2 unspecified atom stereocenters. The second-order valence-corrected chi connectivity index (χ2v) is 4.99. The molecule has 6 heteroatoms. The molecule has 0 amide bonds. The molecule has 0 bridgehead atoms. The Hall–Kier alpha value is 0.765. The highest BCUT2D eigenvalue weighted by molar-refractivity contribution is 14.2. The molecule has 2 rings (SSSR count). The van der Waals surface area contributed by atoms with Gasteiger partial charge in [-0.05, 0) is 5.41 Å². The summed E-state index contributed by atoms with van der Waals surface area (Å²) in [6, 6.07) is 0. The number of rotatable bonds is 3. The van der Waals surface area contributed by atoms with Gasteiger partial charge in [0.15, 0.2) is 0 Å². The van der Waals surface area contributed by atoms with Crippen molar-refractivity contribution in [2.75, 3.05) is 13.2 Å². The monoisotopic (exact) mass is 312 g/mol. The second kappa shape index (κ2) is 5.02. The van der Waals surface area contributed by atoms with E-state index >= 15 is 0 Å². The summed E-state index contributed by atoms with van der Waals surface area (Å²) in [4.78, 5) is 0. The highest BCUT2D eigenvalue weighted by Gasteiger charge is 2.42. The quantitative estimate of drug-likeness (QED) is 0.587. The van der Waals surface area contributed by atoms with Crippen LogP contribution in [-0.2, 0) is 14.0 Å². The van der Waals surface area contributed by atoms with E-state index in [0.717, 1.165) is 6.32 Å². The van der Waals surface area contributed by atoms with Crippen molar-refractivity contribution >= 4 is 37.3 Å². The van der Waals surface area contributed by atoms with Crippen molar-refractivity contribution in [3.8, 4) is 0 Å². The van der Waals surface area contributed by atoms with Crippen molar-refractivity contribution in [1.82, 2.24) is 0 Å². The Balaban J connectivity index is 1.75. The molecule has 0 saturated carbocycles. The molecule has 2 atom stereocenters. The Labute approximate surface area is 94.3 Å². The van der Waals surface area contributed by atoms with E-state index in [1.165, 1.54) is 0 Å². The zero-order valence-electron chi connectivity index (χ0n) is 7.02. The molecule has 3 nitrogen and oxygen atoms in total. The van der Waals surface area contributed by atoms with Crippen molar-refractivity contribution in [2.24, 2.45) is 0 Å². The van der Waals surface area contributed by atoms with E-state index in [-0.39, 0.29) is 19.3 Å². The van der Waals surface area contributed by atoms with Crippen LogP contribution in [0, 0.1) is 0 Å². The largest absolute Gasteiger partial charge is 0.461 e. The van der Waals surface area contributed by atoms with Crippen LogP contribution >= 0.6 is 30.1 Å². The van der Waals surface area contributed by atoms with E-state index in [1.807, 2.05) is 5.41 Å². The number of fused-ring (bicyclic) bond motifs is 1. The van der Waals surface area contributed by atoms with E-state index in [1.54, 1.807) is 8.93 Å². The predicted octanol–water partition coefficient (Wildman–Crippen LogP) is 1.89. The zero-order chi connectivity index (χ0) is 9.10. The van der Waals surface area contributed by atoms with Crippen molar-refractivity contribution in [3.05, 3.63) is 11.5 Å². The SMILES string of the molecule is IS/C=C/CB1OC2COCC2O1. The van der Waals surface area contributed by atoms with Gasteiger partial charge in [-0.2, -0.15) is 0 Å². The minimum Gasteiger partial charge on any atom is -0.403 e. The maximum Gasteiger partial charge on any atom is 0.461 e. The average Bonchev–Trinajstić information content (AvgIpc) is 2.64. The highest BCUT2D eigenvalue weighted by atomic mass is 127. The average molecular weight is 312 g/mol. The first-order chi connectivity index (χ1) is 6.40. The Morgan fingerprint density at radius 1 is 1.38 bits per heavy atom. The Kier molecular flexibility index (Phi) is 3.97. The maximum absolute atomic E-state index is 5.62. The lowest BCUT2D eigenvalue weighted by atomic mass is 9.85. The molecule has 2 aliphatic rings. The summed E-state index contributed by atoms with van der Waals surface area (Å²) in [6.07, 6.45) is 3.25. The predicted molar refractivity (Wildman–Crippen MR) is 61.9 cm³/mol. The molecule has 0 N–H and O–H groups in total. The topological polar surface area (TPSA) is 27.7 Å². The van der Waals surface area contributed by atoms with Crippen LogP contribution in [-0.4, -0.2) is 32.5 Å². The molecule has 0 aromatic heterocycles. The lowest BCUT2D eigenvalue weighted by Crippen LogP contribution is -2.18. The van der Waals surface area contributed by atoms with Crippen LogP contribution in [0.2, 0.25) is 6.32 Å². The van der Waals surface area contributed by atoms with Gasteiger partial charge < -0.3 is 14.0 Å². The molecular formula is C7H10BIO3S. The standard InChI is InChI=1S/C7H10BIO3S/c9-13-3-1-2-8-11-6-4-10-5-7(6)12-8/h1,3,6-7H,2,4-5H2/b3-1+. The summed E-state index contributed by atoms with van der Waals surface area (Å²) in [5.74, 6) is 0. The Morgan fingerprint density at radius 3 is 2.69 bits per heavy atom. The minimum atomic E-state index is -0.0568. The normalized spacial score (nSPS) is 33.2. The van der Waals surface area contributed by atoms with Gasteiger partial charge in [-0.3, -0.25) is 0 Å². The molecule has 0 radical (unpaired) electrons. The van der Waals surface area contributed by atoms with Crippen LogP contribution < -0.4 is 0 Å². The summed E-state index contributed by atoms with van der Waals surface area (Å²) in [7, 11) is 1.60. The fourth-order valence-corrected chi connectivity index (χ4v) is 2.31. The molecule has 2 heterocycles. The lowest BCUT2D eigenvalue weighted by molar-refractivity contribution is 0.127. The third kappa shape index (κ3) is 2.62. The summed E-state index contributed by atoms with van der Waals surface area (Å²) >= 11 is 2.23. The first kappa shape index (κ1) is 10.3. The van der Waals surface area contributed by atoms with Gasteiger partial charge in [0.05, 0.1) is 25.4 Å². The first-order valence-corrected chi connectivity index (χ1v) is 7.63. The van der Waals surface area contributed by atoms with Crippen molar-refractivity contribution in [1.29, 1.82) is 0 Å². The highest BCUT2D eigenvalue weighted by Crippen LogP contribution is 2.24. The molecule has 0 spiro atoms. The van der Waals surface area contributed by atoms with Gasteiger partial charge in [0.25, 0.3) is 0 Å². The number of allylic oxidation sites excluding steroid dienone is 1. The van der Waals surface area contributed by atoms with Gasteiger partial charge in [-0.1, -0.05) is 15.0 Å². The van der Waals surface area contributed by atoms with Gasteiger partial charge in [0, 0.05) is 27.5 Å². The van der Waals surface area contributed by atoms with E-state index < -0.39 is 0 Å². The third-order valence-electron chi connectivity index (χ3n) is 2.11. The van der Waals surface area contributed by atoms with E-state index in [9.17, 15) is 0 Å². The van der Waals surface area contributed by atoms with Crippen LogP contribution in [0.3, 0.4) is 0 Å². The molecule has 0 aliphatic carbocycles. The van der Waals surface area contributed by atoms with E-state index in [2.05, 4.69) is 27.3 Å². The number of halogens is 1. The maximum atomic E-state index is 5.62. The van der Waals surface area contributed by atoms with Crippen LogP contribution in [0.25, 0.3) is 0 Å². The fraction of sp³-hybridized carbons (Fsp3) is 0.714. The molecule has 0 aromatic carbocycles. The fourth-order valence-electron chi connectivity index (χ4n) is 1.50. The number of hydrogen-bond donors (Lipinski definition) is 0. The van der Waals surface area contributed by atoms with Crippen molar-refractivity contribution in [2.45, 2.75) is 18.5 Å². The molecule has 13 heavy (non-hydrogen) atoms. The van der Waals surface area contributed by atoms with Crippen LogP contribution in [0.1, 0.15) is 0 Å². The third-order valence-corrected chi connectivity index (χ3v) is 3.28. The molecular weight excluding hydrogens is 302 g/mol. The molecule has 2 aliphatic heterocycles. The van der Waals surface area contributed by atoms with Gasteiger partial charge in [0.2, 0.25) is 0 Å². The lowest BCUT2D eigenvalue weighted by Gasteiger charge is -2.03. The first-order valence-electron chi connectivity index (χ1n) is 4.21. The smallest absolute Gasteiger partial charge is 0.403 e. The van der Waals surface area contributed by atoms with Crippen LogP contribution in [0.5, 0.6) is 0 Å². The molecule has 72 valence electrons. The Bertz CT molecular complexity index is 192. The summed E-state index contributed by atoms with van der Waals surface area (Å²) < 4.78 is 16.5. The zero-order valence-corrected chi connectivity index (χ0v) is 9.99. The van der Waals surface area contributed by atoms with E-state index in [0.29, 0.717) is 13.2 Å². The summed E-state index contributed by atoms with van der Waals surface area (Å²) in [5, 5.41) is 2.04. The number of hydrogen-bond acceptors (Lipinski definition) is 4. The van der Waals surface area contributed by atoms with Crippen molar-refractivity contribution in [3.63, 3.8) is 0 Å². The molecule has 0 aromatic rings. The van der Waals surface area contributed by atoms with Crippen LogP contribution in [0.15, 0.2) is 11.5 Å². The molecule has 2 fully saturated rings. The van der Waals surface area contributed by atoms with Crippen LogP contribution in [0.4, 0.5) is 0 Å². The second-order valence-electron chi connectivity index (χ2n) is 3.01. The van der Waals surface area contributed by atoms with Gasteiger partial charge in [-0.25, -0.2) is 0 Å². The Morgan fingerprint density at radius 2 is 2.08 bits per heavy atom.